The van der Waals surface area contributed by atoms with E-state index in [1.807, 2.05) is 78.9 Å². The van der Waals surface area contributed by atoms with Gasteiger partial charge in [0.25, 0.3) is 0 Å². The molecule has 512 valence electrons. The first-order valence-electron chi connectivity index (χ1n) is 36.9. The van der Waals surface area contributed by atoms with E-state index in [0.29, 0.717) is 35.2 Å². The Labute approximate surface area is 626 Å². The van der Waals surface area contributed by atoms with Gasteiger partial charge in [-0.3, -0.25) is 9.13 Å². The van der Waals surface area contributed by atoms with E-state index < -0.39 is 0 Å². The van der Waals surface area contributed by atoms with Gasteiger partial charge in [0.05, 0.1) is 44.1 Å². The van der Waals surface area contributed by atoms with Crippen molar-refractivity contribution in [2.24, 2.45) is 0 Å². The molecule has 24 rings (SSSR count). The van der Waals surface area contributed by atoms with Gasteiger partial charge in [0.2, 0.25) is 11.9 Å². The summed E-state index contributed by atoms with van der Waals surface area (Å²) in [5.41, 5.74) is 17.8. The highest BCUT2D eigenvalue weighted by atomic mass is 16.3. The molecule has 0 N–H and O–H groups in total. The summed E-state index contributed by atoms with van der Waals surface area (Å²) in [5, 5.41) is 18.4. The number of aromatic nitrogens is 10. The quantitative estimate of drug-likeness (QED) is 0.147. The maximum Gasteiger partial charge on any atom is 0.238 e. The van der Waals surface area contributed by atoms with Crippen LogP contribution in [0.1, 0.15) is 0 Å². The predicted octanol–water partition coefficient (Wildman–Crippen LogP) is 24.9. The van der Waals surface area contributed by atoms with Crippen molar-refractivity contribution in [1.29, 1.82) is 0 Å². The van der Waals surface area contributed by atoms with Crippen LogP contribution >= 0.6 is 0 Å². The average Bonchev–Trinajstić information content (AvgIpc) is 1.55. The van der Waals surface area contributed by atoms with Crippen LogP contribution in [0.2, 0.25) is 0 Å². The highest BCUT2D eigenvalue weighted by Crippen LogP contribution is 2.46. The van der Waals surface area contributed by atoms with Gasteiger partial charge < -0.3 is 18.0 Å². The van der Waals surface area contributed by atoms with E-state index in [9.17, 15) is 0 Å². The number of rotatable bonds is 8. The van der Waals surface area contributed by atoms with Crippen LogP contribution in [0.15, 0.2) is 361 Å². The fraction of sp³-hybridized carbons (Fsp3) is 0. The van der Waals surface area contributed by atoms with Gasteiger partial charge in [0, 0.05) is 98.3 Å². The van der Waals surface area contributed by atoms with Crippen LogP contribution in [0.4, 0.5) is 0 Å². The molecule has 0 aliphatic heterocycles. The molecule has 24 aromatic rings. The maximum absolute atomic E-state index is 6.33. The molecule has 0 amide bonds. The summed E-state index contributed by atoms with van der Waals surface area (Å²) in [6.45, 7) is 0. The molecule has 0 spiro atoms. The van der Waals surface area contributed by atoms with Crippen LogP contribution in [-0.4, -0.2) is 48.2 Å². The second kappa shape index (κ2) is 24.2. The van der Waals surface area contributed by atoms with Gasteiger partial charge in [-0.2, -0.15) is 19.9 Å². The molecule has 12 nitrogen and oxygen atoms in total. The summed E-state index contributed by atoms with van der Waals surface area (Å²) in [6.07, 6.45) is 0. The third-order valence-electron chi connectivity index (χ3n) is 21.9. The Morgan fingerprint density at radius 3 is 0.982 bits per heavy atom. The first kappa shape index (κ1) is 61.2. The molecule has 0 radical (unpaired) electrons. The Morgan fingerprint density at radius 2 is 0.509 bits per heavy atom. The van der Waals surface area contributed by atoms with Gasteiger partial charge >= 0.3 is 0 Å². The maximum atomic E-state index is 6.33. The van der Waals surface area contributed by atoms with Crippen LogP contribution in [0.3, 0.4) is 0 Å². The Bertz CT molecular complexity index is 7940. The number of hydrogen-bond donors (Lipinski definition) is 0. The van der Waals surface area contributed by atoms with Gasteiger partial charge in [0.1, 0.15) is 22.3 Å². The van der Waals surface area contributed by atoms with Crippen molar-refractivity contribution in [2.75, 3.05) is 0 Å². The zero-order valence-corrected chi connectivity index (χ0v) is 58.8. The molecular formula is C98H58N10O2. The number of para-hydroxylation sites is 7. The van der Waals surface area contributed by atoms with Crippen LogP contribution < -0.4 is 0 Å². The van der Waals surface area contributed by atoms with Crippen molar-refractivity contribution in [2.45, 2.75) is 0 Å². The van der Waals surface area contributed by atoms with Gasteiger partial charge in [0.15, 0.2) is 23.3 Å². The van der Waals surface area contributed by atoms with Gasteiger partial charge in [-0.05, 0) is 137 Å². The van der Waals surface area contributed by atoms with Crippen LogP contribution in [0.25, 0.3) is 221 Å². The molecule has 0 aliphatic rings. The lowest BCUT2D eigenvalue weighted by Crippen LogP contribution is -2.06. The first-order valence-corrected chi connectivity index (χ1v) is 36.9. The molecule has 8 aromatic heterocycles. The second-order valence-electron chi connectivity index (χ2n) is 28.1. The summed E-state index contributed by atoms with van der Waals surface area (Å²) < 4.78 is 21.8. The Morgan fingerprint density at radius 1 is 0.182 bits per heavy atom. The molecule has 0 saturated carbocycles. The lowest BCUT2D eigenvalue weighted by molar-refractivity contribution is 0.668. The number of furan rings is 2. The highest BCUT2D eigenvalue weighted by molar-refractivity contribution is 6.30. The van der Waals surface area contributed by atoms with Crippen LogP contribution in [0, 0.1) is 0 Å². The lowest BCUT2D eigenvalue weighted by atomic mass is 10.1. The molecule has 0 bridgehead atoms. The largest absolute Gasteiger partial charge is 0.456 e. The van der Waals surface area contributed by atoms with E-state index in [0.717, 1.165) is 154 Å². The topological polar surface area (TPSA) is 123 Å². The van der Waals surface area contributed by atoms with Crippen LogP contribution in [0.5, 0.6) is 0 Å². The predicted molar refractivity (Wildman–Crippen MR) is 448 cm³/mol. The fourth-order valence-electron chi connectivity index (χ4n) is 17.0. The minimum atomic E-state index is 0.551. The Balaban J connectivity index is 0.000000132. The van der Waals surface area contributed by atoms with Gasteiger partial charge in [-0.15, -0.1) is 0 Å². The average molecular weight is 1410 g/mol. The fourth-order valence-corrected chi connectivity index (χ4v) is 17.0. The van der Waals surface area contributed by atoms with E-state index >= 15 is 0 Å². The Kier molecular flexibility index (Phi) is 13.5. The smallest absolute Gasteiger partial charge is 0.238 e. The zero-order chi connectivity index (χ0) is 72.1. The van der Waals surface area contributed by atoms with Crippen molar-refractivity contribution in [3.8, 4) is 68.8 Å². The van der Waals surface area contributed by atoms with E-state index in [2.05, 4.69) is 291 Å². The first-order chi connectivity index (χ1) is 54.5. The van der Waals surface area contributed by atoms with Crippen molar-refractivity contribution in [1.82, 2.24) is 48.2 Å². The van der Waals surface area contributed by atoms with Crippen LogP contribution in [-0.2, 0) is 0 Å². The number of nitrogens with zero attached hydrogens (tertiary/aromatic N) is 10. The number of benzene rings is 16. The summed E-state index contributed by atoms with van der Waals surface area (Å²) >= 11 is 0. The molecule has 0 fully saturated rings. The summed E-state index contributed by atoms with van der Waals surface area (Å²) in [6, 6.07) is 123. The minimum absolute atomic E-state index is 0.551. The Hall–Kier alpha value is -15.1. The molecule has 8 heterocycles. The monoisotopic (exact) mass is 1410 g/mol. The standard InChI is InChI=1S/2C49H29N5O/c1-2-14-34(15-3-1)53-39-19-9-6-17-37(39)45-41(53)26-27-42-46(45)38-18-7-10-20-40(38)54(42)49-51-47(32-23-22-30-12-4-5-13-31(30)28-32)50-48(52-49)33-24-25-36-35-16-8-11-21-43(35)55-44(36)29-33;1-2-13-31(14-3-1)47-50-48(33-23-25-36-35-16-8-11-21-43(35)55-44(36)29-33)52-49(51-47)54-40-20-10-7-18-38(40)46-42(54)27-26-41-45(46)37-17-6-9-19-39(37)53(41)34-24-22-30-12-4-5-15-32(30)28-34/h2*1-29H. The van der Waals surface area contributed by atoms with Crippen molar-refractivity contribution >= 4 is 153 Å². The van der Waals surface area contributed by atoms with Crippen molar-refractivity contribution < 1.29 is 8.83 Å². The van der Waals surface area contributed by atoms with E-state index in [-0.39, 0.29) is 0 Å². The van der Waals surface area contributed by atoms with Gasteiger partial charge in [-0.1, -0.05) is 237 Å². The second-order valence-corrected chi connectivity index (χ2v) is 28.1. The summed E-state index contributed by atoms with van der Waals surface area (Å²) in [7, 11) is 0. The SMILES string of the molecule is c1ccc(-c2nc(-c3ccc4c(c3)oc3ccccc34)nc(-n3c4ccccc4c4c5c6ccccc6n(-c6ccc7ccccc7c6)c5ccc43)n2)cc1.c1ccc(-n2c3ccccc3c3c4c5ccccc5n(-c5nc(-c6ccc7ccccc7c6)nc(-c6ccc7c(c6)oc6ccccc67)n5)c4ccc32)cc1. The molecular weight excluding hydrogens is 1350 g/mol. The summed E-state index contributed by atoms with van der Waals surface area (Å²) in [5.74, 6) is 3.45. The molecule has 110 heavy (non-hydrogen) atoms. The molecule has 0 unspecified atom stereocenters. The molecule has 12 heteroatoms. The van der Waals surface area contributed by atoms with E-state index in [4.69, 9.17) is 38.7 Å². The summed E-state index contributed by atoms with van der Waals surface area (Å²) in [4.78, 5) is 31.3. The minimum Gasteiger partial charge on any atom is -0.456 e. The zero-order valence-electron chi connectivity index (χ0n) is 58.8. The third-order valence-corrected chi connectivity index (χ3v) is 21.9. The van der Waals surface area contributed by atoms with Crippen molar-refractivity contribution in [3.63, 3.8) is 0 Å². The number of hydrogen-bond acceptors (Lipinski definition) is 8. The molecule has 16 aromatic carbocycles. The third kappa shape index (κ3) is 9.52. The normalized spacial score (nSPS) is 12.0. The molecule has 0 saturated heterocycles. The van der Waals surface area contributed by atoms with E-state index in [1.54, 1.807) is 0 Å². The van der Waals surface area contributed by atoms with Crippen molar-refractivity contribution in [3.05, 3.63) is 352 Å². The molecule has 0 aliphatic carbocycles. The lowest BCUT2D eigenvalue weighted by Gasteiger charge is -2.11. The number of fused-ring (bicyclic) bond motifs is 22. The molecule has 0 atom stereocenters. The van der Waals surface area contributed by atoms with E-state index in [1.165, 1.54) is 32.3 Å². The highest BCUT2D eigenvalue weighted by Gasteiger charge is 2.27. The van der Waals surface area contributed by atoms with Gasteiger partial charge in [-0.25, -0.2) is 9.97 Å².